The molecule has 170 valence electrons. The molecule has 3 aromatic rings. The number of nitro groups is 1. The zero-order valence-electron chi connectivity index (χ0n) is 17.0. The van der Waals surface area contributed by atoms with E-state index >= 15 is 0 Å². The topological polar surface area (TPSA) is 137 Å². The van der Waals surface area contributed by atoms with Crippen molar-refractivity contribution in [2.75, 3.05) is 7.11 Å². The highest BCUT2D eigenvalue weighted by atomic mass is 35.5. The van der Waals surface area contributed by atoms with E-state index in [9.17, 15) is 23.3 Å². The van der Waals surface area contributed by atoms with Gasteiger partial charge in [-0.15, -0.1) is 0 Å². The Morgan fingerprint density at radius 1 is 1.09 bits per heavy atom. The van der Waals surface area contributed by atoms with Gasteiger partial charge in [-0.2, -0.15) is 13.5 Å². The molecule has 0 aliphatic heterocycles. The first-order chi connectivity index (χ1) is 15.7. The first-order valence-corrected chi connectivity index (χ1v) is 10.9. The van der Waals surface area contributed by atoms with Gasteiger partial charge in [0.2, 0.25) is 0 Å². The summed E-state index contributed by atoms with van der Waals surface area (Å²) in [6, 6.07) is 15.2. The quantitative estimate of drug-likeness (QED) is 0.220. The Hall–Kier alpha value is -3.96. The number of ether oxygens (including phenoxy) is 1. The van der Waals surface area contributed by atoms with Crippen LogP contribution in [0.15, 0.2) is 76.7 Å². The average molecular weight is 490 g/mol. The summed E-state index contributed by atoms with van der Waals surface area (Å²) < 4.78 is 35.5. The molecule has 0 bridgehead atoms. The van der Waals surface area contributed by atoms with Gasteiger partial charge in [-0.25, -0.2) is 5.43 Å². The van der Waals surface area contributed by atoms with Gasteiger partial charge in [0.25, 0.3) is 11.6 Å². The molecule has 0 spiro atoms. The van der Waals surface area contributed by atoms with Crippen LogP contribution in [0.5, 0.6) is 11.5 Å². The molecule has 0 aliphatic rings. The molecule has 0 unspecified atom stereocenters. The maximum absolute atomic E-state index is 12.6. The lowest BCUT2D eigenvalue weighted by atomic mass is 10.2. The predicted molar refractivity (Wildman–Crippen MR) is 120 cm³/mol. The lowest BCUT2D eigenvalue weighted by Crippen LogP contribution is -2.17. The van der Waals surface area contributed by atoms with E-state index in [1.165, 1.54) is 43.7 Å². The van der Waals surface area contributed by atoms with Crippen molar-refractivity contribution in [3.05, 3.63) is 93.0 Å². The molecule has 0 aromatic heterocycles. The fraction of sp³-hybridized carbons (Fsp3) is 0.0476. The molecule has 33 heavy (non-hydrogen) atoms. The first kappa shape index (κ1) is 23.7. The molecule has 0 saturated heterocycles. The van der Waals surface area contributed by atoms with Crippen LogP contribution < -0.4 is 14.3 Å². The number of methoxy groups -OCH3 is 1. The van der Waals surface area contributed by atoms with Crippen molar-refractivity contribution in [2.45, 2.75) is 4.90 Å². The minimum atomic E-state index is -4.52. The Labute approximate surface area is 193 Å². The number of benzene rings is 3. The molecule has 0 radical (unpaired) electrons. The van der Waals surface area contributed by atoms with Gasteiger partial charge < -0.3 is 8.92 Å². The second-order valence-corrected chi connectivity index (χ2v) is 8.33. The molecule has 3 aromatic carbocycles. The second-order valence-electron chi connectivity index (χ2n) is 6.38. The van der Waals surface area contributed by atoms with Crippen molar-refractivity contribution in [1.82, 2.24) is 5.43 Å². The van der Waals surface area contributed by atoms with Gasteiger partial charge in [0.05, 0.1) is 18.2 Å². The van der Waals surface area contributed by atoms with E-state index in [2.05, 4.69) is 10.5 Å². The molecule has 1 N–H and O–H groups in total. The van der Waals surface area contributed by atoms with Gasteiger partial charge in [0.1, 0.15) is 0 Å². The van der Waals surface area contributed by atoms with Crippen molar-refractivity contribution in [3.8, 4) is 11.5 Å². The standard InChI is InChI=1S/C21H16ClN3O7S/c1-31-19-12-14(13-23-24-21(26)15-7-9-16(22)10-8-15)6-11-18(19)32-33(29,30)20-5-3-2-4-17(20)25(27)28/h2-13H,1H3,(H,24,26)/b23-13-. The summed E-state index contributed by atoms with van der Waals surface area (Å²) in [5.74, 6) is -0.603. The summed E-state index contributed by atoms with van der Waals surface area (Å²) in [5.41, 5.74) is 2.55. The van der Waals surface area contributed by atoms with Crippen molar-refractivity contribution >= 4 is 39.5 Å². The number of carbonyl (C=O) groups excluding carboxylic acids is 1. The highest BCUT2D eigenvalue weighted by molar-refractivity contribution is 7.87. The second kappa shape index (κ2) is 10.1. The SMILES string of the molecule is COc1cc(/C=N\NC(=O)c2ccc(Cl)cc2)ccc1OS(=O)(=O)c1ccccc1[N+](=O)[O-]. The number of carbonyl (C=O) groups is 1. The summed E-state index contributed by atoms with van der Waals surface area (Å²) in [4.78, 5) is 21.8. The molecule has 0 atom stereocenters. The van der Waals surface area contributed by atoms with Crippen molar-refractivity contribution < 1.29 is 27.1 Å². The van der Waals surface area contributed by atoms with Gasteiger partial charge in [-0.1, -0.05) is 23.7 Å². The lowest BCUT2D eigenvalue weighted by molar-refractivity contribution is -0.387. The highest BCUT2D eigenvalue weighted by Crippen LogP contribution is 2.32. The number of rotatable bonds is 8. The van der Waals surface area contributed by atoms with Crippen molar-refractivity contribution in [2.24, 2.45) is 5.10 Å². The van der Waals surface area contributed by atoms with Crippen LogP contribution in [0.2, 0.25) is 5.02 Å². The summed E-state index contributed by atoms with van der Waals surface area (Å²) in [5, 5.41) is 15.5. The maximum Gasteiger partial charge on any atom is 0.346 e. The fourth-order valence-electron chi connectivity index (χ4n) is 2.65. The lowest BCUT2D eigenvalue weighted by Gasteiger charge is -2.11. The van der Waals surface area contributed by atoms with E-state index in [1.54, 1.807) is 24.3 Å². The highest BCUT2D eigenvalue weighted by Gasteiger charge is 2.28. The molecule has 3 rings (SSSR count). The molecular weight excluding hydrogens is 474 g/mol. The largest absolute Gasteiger partial charge is 0.493 e. The summed E-state index contributed by atoms with van der Waals surface area (Å²) in [7, 11) is -3.22. The van der Waals surface area contributed by atoms with Gasteiger partial charge in [0, 0.05) is 16.7 Å². The normalized spacial score (nSPS) is 11.2. The molecular formula is C21H16ClN3O7S. The van der Waals surface area contributed by atoms with E-state index in [-0.39, 0.29) is 11.5 Å². The van der Waals surface area contributed by atoms with E-state index in [0.29, 0.717) is 16.1 Å². The van der Waals surface area contributed by atoms with Gasteiger partial charge in [-0.3, -0.25) is 14.9 Å². The van der Waals surface area contributed by atoms with Gasteiger partial charge in [-0.05, 0) is 54.1 Å². The number of amides is 1. The molecule has 0 saturated carbocycles. The van der Waals surface area contributed by atoms with Crippen LogP contribution in [-0.2, 0) is 10.1 Å². The van der Waals surface area contributed by atoms with Crippen molar-refractivity contribution in [1.29, 1.82) is 0 Å². The maximum atomic E-state index is 12.6. The van der Waals surface area contributed by atoms with Crippen LogP contribution in [0.1, 0.15) is 15.9 Å². The summed E-state index contributed by atoms with van der Waals surface area (Å²) in [6.07, 6.45) is 1.32. The summed E-state index contributed by atoms with van der Waals surface area (Å²) >= 11 is 5.79. The van der Waals surface area contributed by atoms with E-state index < -0.39 is 31.5 Å². The van der Waals surface area contributed by atoms with E-state index in [1.807, 2.05) is 0 Å². The number of nitrogens with zero attached hydrogens (tertiary/aromatic N) is 2. The van der Waals surface area contributed by atoms with Crippen LogP contribution >= 0.6 is 11.6 Å². The zero-order valence-corrected chi connectivity index (χ0v) is 18.5. The number of nitrogens with one attached hydrogen (secondary N) is 1. The van der Waals surface area contributed by atoms with E-state index in [4.69, 9.17) is 20.5 Å². The number of nitro benzene ring substituents is 1. The minimum absolute atomic E-state index is 0.0325. The fourth-order valence-corrected chi connectivity index (χ4v) is 3.88. The Morgan fingerprint density at radius 3 is 2.45 bits per heavy atom. The Kier molecular flexibility index (Phi) is 7.26. The molecule has 0 heterocycles. The van der Waals surface area contributed by atoms with Crippen LogP contribution in [-0.4, -0.2) is 32.6 Å². The predicted octanol–water partition coefficient (Wildman–Crippen LogP) is 3.79. The molecule has 0 fully saturated rings. The number of hydrazone groups is 1. The number of hydrogen-bond acceptors (Lipinski definition) is 8. The third-order valence-corrected chi connectivity index (χ3v) is 5.74. The Morgan fingerprint density at radius 2 is 1.79 bits per heavy atom. The Balaban J connectivity index is 1.77. The smallest absolute Gasteiger partial charge is 0.346 e. The molecule has 1 amide bonds. The monoisotopic (exact) mass is 489 g/mol. The third kappa shape index (κ3) is 5.84. The zero-order chi connectivity index (χ0) is 24.0. The molecule has 10 nitrogen and oxygen atoms in total. The van der Waals surface area contributed by atoms with Crippen LogP contribution in [0.3, 0.4) is 0 Å². The van der Waals surface area contributed by atoms with E-state index in [0.717, 1.165) is 12.1 Å². The number of hydrogen-bond donors (Lipinski definition) is 1. The van der Waals surface area contributed by atoms with Crippen molar-refractivity contribution in [3.63, 3.8) is 0 Å². The minimum Gasteiger partial charge on any atom is -0.493 e. The van der Waals surface area contributed by atoms with Gasteiger partial charge >= 0.3 is 10.1 Å². The molecule has 0 aliphatic carbocycles. The number of para-hydroxylation sites is 1. The van der Waals surface area contributed by atoms with Crippen LogP contribution in [0.4, 0.5) is 5.69 Å². The van der Waals surface area contributed by atoms with Crippen LogP contribution in [0.25, 0.3) is 0 Å². The third-order valence-electron chi connectivity index (χ3n) is 4.20. The summed E-state index contributed by atoms with van der Waals surface area (Å²) in [6.45, 7) is 0. The molecule has 12 heteroatoms. The van der Waals surface area contributed by atoms with Crippen LogP contribution in [0, 0.1) is 10.1 Å². The van der Waals surface area contributed by atoms with Gasteiger partial charge in [0.15, 0.2) is 16.4 Å². The first-order valence-electron chi connectivity index (χ1n) is 9.16. The average Bonchev–Trinajstić information content (AvgIpc) is 2.80. The Bertz CT molecular complexity index is 1330. The number of halogens is 1.